The number of hydrogen-bond acceptors (Lipinski definition) is 3. The zero-order valence-corrected chi connectivity index (χ0v) is 12.8. The zero-order chi connectivity index (χ0) is 17.8. The summed E-state index contributed by atoms with van der Waals surface area (Å²) in [4.78, 5) is 15.7. The maximum absolute atomic E-state index is 12.7. The van der Waals surface area contributed by atoms with Crippen molar-refractivity contribution in [3.8, 4) is 11.3 Å². The van der Waals surface area contributed by atoms with Gasteiger partial charge in [-0.15, -0.1) is 0 Å². The largest absolute Gasteiger partial charge is 0.477 e. The normalized spacial score (nSPS) is 14.8. The molecule has 1 saturated carbocycles. The Morgan fingerprint density at radius 1 is 1.20 bits per heavy atom. The predicted octanol–water partition coefficient (Wildman–Crippen LogP) is 3.99. The van der Waals surface area contributed by atoms with E-state index < -0.39 is 17.7 Å². The van der Waals surface area contributed by atoms with Gasteiger partial charge in [0.15, 0.2) is 5.65 Å². The molecule has 2 aromatic heterocycles. The third kappa shape index (κ3) is 2.73. The maximum Gasteiger partial charge on any atom is 0.416 e. The van der Waals surface area contributed by atoms with E-state index >= 15 is 0 Å². The van der Waals surface area contributed by atoms with E-state index in [0.717, 1.165) is 30.7 Å². The van der Waals surface area contributed by atoms with E-state index in [1.807, 2.05) is 0 Å². The minimum absolute atomic E-state index is 0.0318. The molecule has 1 fully saturated rings. The monoisotopic (exact) mass is 347 g/mol. The Bertz CT molecular complexity index is 973. The minimum atomic E-state index is -4.41. The molecular weight excluding hydrogens is 335 g/mol. The Balaban J connectivity index is 1.87. The molecule has 0 atom stereocenters. The van der Waals surface area contributed by atoms with E-state index in [0.29, 0.717) is 11.3 Å². The van der Waals surface area contributed by atoms with Gasteiger partial charge < -0.3 is 5.11 Å². The number of carbonyl (C=O) groups is 1. The second-order valence-corrected chi connectivity index (χ2v) is 6.01. The van der Waals surface area contributed by atoms with E-state index in [1.54, 1.807) is 6.07 Å². The van der Waals surface area contributed by atoms with Gasteiger partial charge in [0.1, 0.15) is 5.56 Å². The van der Waals surface area contributed by atoms with Gasteiger partial charge in [0, 0.05) is 17.2 Å². The lowest BCUT2D eigenvalue weighted by atomic mass is 10.1. The summed E-state index contributed by atoms with van der Waals surface area (Å²) >= 11 is 0. The zero-order valence-electron chi connectivity index (χ0n) is 12.8. The highest BCUT2D eigenvalue weighted by atomic mass is 19.4. The number of aromatic nitrogens is 3. The van der Waals surface area contributed by atoms with E-state index in [-0.39, 0.29) is 17.1 Å². The van der Waals surface area contributed by atoms with Crippen molar-refractivity contribution in [3.05, 3.63) is 53.3 Å². The van der Waals surface area contributed by atoms with Gasteiger partial charge in [-0.25, -0.2) is 14.3 Å². The molecule has 25 heavy (non-hydrogen) atoms. The standard InChI is InChI=1S/C17H12F3N3O2/c18-17(19,20)11-5-3-9(4-6-11)13-7-14(10-1-2-10)23-15(22-13)12(8-21-23)16(24)25/h3-8,10H,1-2H2,(H,24,25). The topological polar surface area (TPSA) is 67.5 Å². The molecule has 0 bridgehead atoms. The average Bonchev–Trinajstić information content (AvgIpc) is 3.31. The number of carboxylic acid groups (broad SMARTS) is 1. The number of benzene rings is 1. The number of fused-ring (bicyclic) bond motifs is 1. The number of alkyl halides is 3. The summed E-state index contributed by atoms with van der Waals surface area (Å²) in [5.74, 6) is -0.881. The second kappa shape index (κ2) is 5.30. The minimum Gasteiger partial charge on any atom is -0.477 e. The van der Waals surface area contributed by atoms with Gasteiger partial charge in [-0.1, -0.05) is 12.1 Å². The van der Waals surface area contributed by atoms with Gasteiger partial charge in [-0.2, -0.15) is 18.3 Å². The number of nitrogens with zero attached hydrogens (tertiary/aromatic N) is 3. The first-order valence-electron chi connectivity index (χ1n) is 7.64. The Labute approximate surface area is 139 Å². The van der Waals surface area contributed by atoms with Crippen LogP contribution >= 0.6 is 0 Å². The molecular formula is C17H12F3N3O2. The van der Waals surface area contributed by atoms with Gasteiger partial charge in [0.25, 0.3) is 0 Å². The molecule has 0 amide bonds. The highest BCUT2D eigenvalue weighted by Crippen LogP contribution is 2.41. The summed E-state index contributed by atoms with van der Waals surface area (Å²) in [6.45, 7) is 0. The number of rotatable bonds is 3. The first kappa shape index (κ1) is 15.6. The molecule has 2 heterocycles. The molecule has 5 nitrogen and oxygen atoms in total. The van der Waals surface area contributed by atoms with Crippen molar-refractivity contribution in [1.29, 1.82) is 0 Å². The third-order valence-corrected chi connectivity index (χ3v) is 4.23. The fourth-order valence-corrected chi connectivity index (χ4v) is 2.78. The fraction of sp³-hybridized carbons (Fsp3) is 0.235. The predicted molar refractivity (Wildman–Crippen MR) is 82.4 cm³/mol. The van der Waals surface area contributed by atoms with Crippen molar-refractivity contribution >= 4 is 11.6 Å². The molecule has 8 heteroatoms. The van der Waals surface area contributed by atoms with Crippen LogP contribution in [-0.4, -0.2) is 25.7 Å². The summed E-state index contributed by atoms with van der Waals surface area (Å²) in [5.41, 5.74) is 1.19. The van der Waals surface area contributed by atoms with Crippen LogP contribution in [0.2, 0.25) is 0 Å². The average molecular weight is 347 g/mol. The van der Waals surface area contributed by atoms with Crippen LogP contribution in [0, 0.1) is 0 Å². The number of carboxylic acids is 1. The third-order valence-electron chi connectivity index (χ3n) is 4.23. The molecule has 0 aliphatic heterocycles. The van der Waals surface area contributed by atoms with Gasteiger partial charge >= 0.3 is 12.1 Å². The lowest BCUT2D eigenvalue weighted by molar-refractivity contribution is -0.137. The van der Waals surface area contributed by atoms with Crippen LogP contribution in [0.15, 0.2) is 36.5 Å². The Kier molecular flexibility index (Phi) is 3.31. The van der Waals surface area contributed by atoms with Gasteiger partial charge in [0.2, 0.25) is 0 Å². The fourth-order valence-electron chi connectivity index (χ4n) is 2.78. The molecule has 128 valence electrons. The number of halogens is 3. The molecule has 3 aromatic rings. The van der Waals surface area contributed by atoms with Gasteiger partial charge in [-0.05, 0) is 31.0 Å². The van der Waals surface area contributed by atoms with Gasteiger partial charge in [-0.3, -0.25) is 0 Å². The second-order valence-electron chi connectivity index (χ2n) is 6.01. The van der Waals surface area contributed by atoms with Crippen LogP contribution in [-0.2, 0) is 6.18 Å². The summed E-state index contributed by atoms with van der Waals surface area (Å²) in [6, 6.07) is 6.44. The molecule has 0 radical (unpaired) electrons. The molecule has 1 N–H and O–H groups in total. The van der Waals surface area contributed by atoms with Crippen molar-refractivity contribution in [2.45, 2.75) is 24.9 Å². The van der Waals surface area contributed by atoms with Crippen molar-refractivity contribution in [2.75, 3.05) is 0 Å². The van der Waals surface area contributed by atoms with E-state index in [9.17, 15) is 23.1 Å². The highest BCUT2D eigenvalue weighted by molar-refractivity contribution is 5.94. The highest BCUT2D eigenvalue weighted by Gasteiger charge is 2.31. The summed E-state index contributed by atoms with van der Waals surface area (Å²) in [5, 5.41) is 13.4. The Morgan fingerprint density at radius 2 is 1.88 bits per heavy atom. The quantitative estimate of drug-likeness (QED) is 0.778. The SMILES string of the molecule is O=C(O)c1cnn2c(C3CC3)cc(-c3ccc(C(F)(F)F)cc3)nc12. The Hall–Kier alpha value is -2.90. The van der Waals surface area contributed by atoms with E-state index in [2.05, 4.69) is 10.1 Å². The summed E-state index contributed by atoms with van der Waals surface area (Å²) in [7, 11) is 0. The maximum atomic E-state index is 12.7. The first-order valence-corrected chi connectivity index (χ1v) is 7.64. The molecule has 1 aliphatic carbocycles. The van der Waals surface area contributed by atoms with Crippen LogP contribution in [0.25, 0.3) is 16.9 Å². The molecule has 0 saturated heterocycles. The molecule has 1 aromatic carbocycles. The summed E-state index contributed by atoms with van der Waals surface area (Å²) in [6.07, 6.45) is -1.23. The van der Waals surface area contributed by atoms with E-state index in [1.165, 1.54) is 22.8 Å². The lowest BCUT2D eigenvalue weighted by Crippen LogP contribution is -2.05. The van der Waals surface area contributed by atoms with Crippen LogP contribution in [0.1, 0.15) is 40.4 Å². The van der Waals surface area contributed by atoms with E-state index in [4.69, 9.17) is 0 Å². The number of aromatic carboxylic acids is 1. The van der Waals surface area contributed by atoms with Crippen LogP contribution in [0.3, 0.4) is 0 Å². The van der Waals surface area contributed by atoms with Crippen LogP contribution < -0.4 is 0 Å². The number of hydrogen-bond donors (Lipinski definition) is 1. The first-order chi connectivity index (χ1) is 11.8. The molecule has 0 spiro atoms. The van der Waals surface area contributed by atoms with Crippen molar-refractivity contribution in [1.82, 2.24) is 14.6 Å². The van der Waals surface area contributed by atoms with Crippen molar-refractivity contribution < 1.29 is 23.1 Å². The van der Waals surface area contributed by atoms with Crippen LogP contribution in [0.4, 0.5) is 13.2 Å². The van der Waals surface area contributed by atoms with Gasteiger partial charge in [0.05, 0.1) is 17.5 Å². The molecule has 0 unspecified atom stereocenters. The van der Waals surface area contributed by atoms with Crippen molar-refractivity contribution in [3.63, 3.8) is 0 Å². The lowest BCUT2D eigenvalue weighted by Gasteiger charge is -2.10. The molecule has 4 rings (SSSR count). The van der Waals surface area contributed by atoms with Crippen molar-refractivity contribution in [2.24, 2.45) is 0 Å². The Morgan fingerprint density at radius 3 is 2.44 bits per heavy atom. The summed E-state index contributed by atoms with van der Waals surface area (Å²) < 4.78 is 39.7. The smallest absolute Gasteiger partial charge is 0.416 e. The molecule has 1 aliphatic rings. The van der Waals surface area contributed by atoms with Crippen LogP contribution in [0.5, 0.6) is 0 Å².